The quantitative estimate of drug-likeness (QED) is 0.399. The van der Waals surface area contributed by atoms with Gasteiger partial charge >= 0.3 is 17.1 Å². The first-order chi connectivity index (χ1) is 1.73. The summed E-state index contributed by atoms with van der Waals surface area (Å²) < 4.78 is 0. The van der Waals surface area contributed by atoms with Gasteiger partial charge in [-0.15, -0.1) is 0 Å². The monoisotopic (exact) mass is 133 g/mol. The summed E-state index contributed by atoms with van der Waals surface area (Å²) in [5.74, 6) is 0. The number of rotatable bonds is 0. The van der Waals surface area contributed by atoms with E-state index in [0.29, 0.717) is 0 Å². The van der Waals surface area contributed by atoms with Gasteiger partial charge in [0.15, 0.2) is 0 Å². The van der Waals surface area contributed by atoms with Crippen molar-refractivity contribution >= 4 is 6.09 Å². The van der Waals surface area contributed by atoms with Crippen LogP contribution in [0.1, 0.15) is 0 Å². The van der Waals surface area contributed by atoms with Crippen LogP contribution in [-0.4, -0.2) is 6.09 Å². The first-order valence-corrected chi connectivity index (χ1v) is 0.697. The normalized spacial score (nSPS) is 4.00. The minimum absolute atomic E-state index is 0. The summed E-state index contributed by atoms with van der Waals surface area (Å²) in [6.45, 7) is 0. The van der Waals surface area contributed by atoms with Gasteiger partial charge in [-0.25, -0.2) is 0 Å². The number of carbonyl (C=O) groups excluding carboxylic acids is 1. The Hall–Kier alpha value is -0.251. The van der Waals surface area contributed by atoms with Gasteiger partial charge in [-0.1, -0.05) is 0 Å². The molecule has 37 valence electrons. The molecule has 0 rings (SSSR count). The van der Waals surface area contributed by atoms with E-state index in [1.807, 2.05) is 0 Å². The fourth-order valence-electron chi connectivity index (χ4n) is 0. The van der Waals surface area contributed by atoms with Crippen molar-refractivity contribution in [3.8, 4) is 0 Å². The van der Waals surface area contributed by atoms with E-state index in [1.165, 1.54) is 0 Å². The average molecular weight is 133 g/mol. The van der Waals surface area contributed by atoms with Gasteiger partial charge in [0.25, 0.3) is 0 Å². The van der Waals surface area contributed by atoms with E-state index in [2.05, 4.69) is 5.73 Å². The molecule has 0 atom stereocenters. The molecule has 0 aromatic carbocycles. The van der Waals surface area contributed by atoms with Gasteiger partial charge in [0.1, 0.15) is 6.09 Å². The summed E-state index contributed by atoms with van der Waals surface area (Å²) in [5.41, 5.74) is 3.92. The zero-order valence-corrected chi connectivity index (χ0v) is 4.45. The molecule has 6 heavy (non-hydrogen) atoms. The maximum Gasteiger partial charge on any atom is 2.00 e. The van der Waals surface area contributed by atoms with Crippen molar-refractivity contribution in [3.63, 3.8) is 0 Å². The summed E-state index contributed by atoms with van der Waals surface area (Å²) in [5, 5.41) is 8.67. The minimum Gasteiger partial charge on any atom is -0.530 e. The molecule has 0 aliphatic carbocycles. The minimum atomic E-state index is -1.58. The Balaban J connectivity index is -0.0000000450. The maximum atomic E-state index is 8.67. The molecule has 0 unspecified atom stereocenters. The van der Waals surface area contributed by atoms with Crippen molar-refractivity contribution in [1.82, 2.24) is 6.15 Å². The topological polar surface area (TPSA) is 103 Å². The molecular formula is CH6MnN2O2+2. The molecule has 0 saturated heterocycles. The summed E-state index contributed by atoms with van der Waals surface area (Å²) in [6.07, 6.45) is -1.58. The van der Waals surface area contributed by atoms with Crippen molar-refractivity contribution < 1.29 is 27.0 Å². The zero-order valence-electron chi connectivity index (χ0n) is 3.27. The van der Waals surface area contributed by atoms with Crippen molar-refractivity contribution in [2.75, 3.05) is 0 Å². The van der Waals surface area contributed by atoms with Gasteiger partial charge < -0.3 is 21.8 Å². The van der Waals surface area contributed by atoms with Crippen LogP contribution in [0.25, 0.3) is 0 Å². The van der Waals surface area contributed by atoms with Crippen LogP contribution in [0, 0.1) is 0 Å². The SMILES string of the molecule is NC(=O)[O-].[Mn+2].[NH4+]. The Morgan fingerprint density at radius 1 is 1.67 bits per heavy atom. The Bertz CT molecular complexity index is 34.5. The summed E-state index contributed by atoms with van der Waals surface area (Å²) >= 11 is 0. The third-order valence-corrected chi connectivity index (χ3v) is 0. The van der Waals surface area contributed by atoms with Crippen molar-refractivity contribution in [3.05, 3.63) is 0 Å². The standard InChI is InChI=1S/CH3NO2.Mn.H3N/c2-1(3)4;;/h2H2,(H,3,4);;1H3/q;+2;. The Morgan fingerprint density at radius 3 is 1.67 bits per heavy atom. The van der Waals surface area contributed by atoms with Crippen LogP contribution in [0.3, 0.4) is 0 Å². The number of amides is 1. The molecule has 0 aliphatic rings. The van der Waals surface area contributed by atoms with Gasteiger partial charge in [0.05, 0.1) is 0 Å². The molecule has 1 radical (unpaired) electrons. The van der Waals surface area contributed by atoms with Crippen LogP contribution in [0.5, 0.6) is 0 Å². The van der Waals surface area contributed by atoms with E-state index >= 15 is 0 Å². The fourth-order valence-corrected chi connectivity index (χ4v) is 0. The fraction of sp³-hybridized carbons (Fsp3) is 0. The molecule has 0 aliphatic heterocycles. The number of carbonyl (C=O) groups is 1. The summed E-state index contributed by atoms with van der Waals surface area (Å²) in [4.78, 5) is 8.67. The van der Waals surface area contributed by atoms with Gasteiger partial charge in [0, 0.05) is 0 Å². The van der Waals surface area contributed by atoms with E-state index in [9.17, 15) is 0 Å². The second kappa shape index (κ2) is 8.83. The average Bonchev–Trinajstić information content (AvgIpc) is 0.811. The number of primary amides is 1. The molecule has 0 bridgehead atoms. The molecule has 1 amide bonds. The van der Waals surface area contributed by atoms with Crippen LogP contribution in [0.2, 0.25) is 0 Å². The number of carboxylic acid groups (broad SMARTS) is 1. The van der Waals surface area contributed by atoms with Crippen molar-refractivity contribution in [2.24, 2.45) is 5.73 Å². The van der Waals surface area contributed by atoms with Gasteiger partial charge in [-0.3, -0.25) is 0 Å². The molecule has 0 heterocycles. The Morgan fingerprint density at radius 2 is 1.67 bits per heavy atom. The van der Waals surface area contributed by atoms with Gasteiger partial charge in [-0.05, 0) is 0 Å². The second-order valence-electron chi connectivity index (χ2n) is 0.319. The van der Waals surface area contributed by atoms with E-state index < -0.39 is 6.09 Å². The summed E-state index contributed by atoms with van der Waals surface area (Å²) in [6, 6.07) is 0. The third-order valence-electron chi connectivity index (χ3n) is 0. The maximum absolute atomic E-state index is 8.67. The molecule has 5 heteroatoms. The molecule has 0 saturated carbocycles. The van der Waals surface area contributed by atoms with Gasteiger partial charge in [-0.2, -0.15) is 0 Å². The van der Waals surface area contributed by atoms with Crippen LogP contribution < -0.4 is 17.0 Å². The van der Waals surface area contributed by atoms with Crippen LogP contribution in [0.15, 0.2) is 0 Å². The number of hydrogen-bond donors (Lipinski definition) is 2. The second-order valence-corrected chi connectivity index (χ2v) is 0.319. The molecule has 6 N–H and O–H groups in total. The first kappa shape index (κ1) is 17.2. The van der Waals surface area contributed by atoms with Crippen LogP contribution in [0.4, 0.5) is 4.79 Å². The zero-order chi connectivity index (χ0) is 3.58. The summed E-state index contributed by atoms with van der Waals surface area (Å²) in [7, 11) is 0. The Labute approximate surface area is 45.8 Å². The van der Waals surface area contributed by atoms with Crippen molar-refractivity contribution in [1.29, 1.82) is 0 Å². The molecule has 0 aromatic rings. The predicted octanol–water partition coefficient (Wildman–Crippen LogP) is -1.34. The van der Waals surface area contributed by atoms with Crippen LogP contribution in [-0.2, 0) is 17.1 Å². The number of hydrogen-bond acceptors (Lipinski definition) is 2. The predicted molar refractivity (Wildman–Crippen MR) is 15.6 cm³/mol. The molecule has 4 nitrogen and oxygen atoms in total. The van der Waals surface area contributed by atoms with Crippen LogP contribution >= 0.6 is 0 Å². The Kier molecular flexibility index (Phi) is 25.3. The number of quaternary nitrogens is 1. The van der Waals surface area contributed by atoms with E-state index in [0.717, 1.165) is 0 Å². The molecular weight excluding hydrogens is 127 g/mol. The number of nitrogens with two attached hydrogens (primary N) is 1. The molecule has 0 fully saturated rings. The smallest absolute Gasteiger partial charge is 0.530 e. The van der Waals surface area contributed by atoms with Gasteiger partial charge in [0.2, 0.25) is 0 Å². The first-order valence-electron chi connectivity index (χ1n) is 0.697. The third kappa shape index (κ3) is 452. The molecule has 0 aromatic heterocycles. The van der Waals surface area contributed by atoms with Crippen molar-refractivity contribution in [2.45, 2.75) is 0 Å². The molecule has 0 spiro atoms. The van der Waals surface area contributed by atoms with E-state index in [4.69, 9.17) is 9.90 Å². The van der Waals surface area contributed by atoms with E-state index in [-0.39, 0.29) is 23.2 Å². The largest absolute Gasteiger partial charge is 2.00 e. The van der Waals surface area contributed by atoms with E-state index in [1.54, 1.807) is 0 Å².